The lowest BCUT2D eigenvalue weighted by molar-refractivity contribution is 0.0791. The van der Waals surface area contributed by atoms with Crippen LogP contribution in [-0.2, 0) is 13.5 Å². The maximum atomic E-state index is 13.0. The number of benzene rings is 2. The number of fused-ring (bicyclic) bond motifs is 1. The molecule has 7 nitrogen and oxygen atoms in total. The summed E-state index contributed by atoms with van der Waals surface area (Å²) in [6, 6.07) is 15.2. The zero-order valence-electron chi connectivity index (χ0n) is 17.8. The first-order valence-electron chi connectivity index (χ1n) is 10.7. The maximum absolute atomic E-state index is 13.0. The van der Waals surface area contributed by atoms with Crippen LogP contribution in [0.3, 0.4) is 0 Å². The Balaban J connectivity index is 1.18. The van der Waals surface area contributed by atoms with Crippen LogP contribution in [0, 0.1) is 0 Å². The van der Waals surface area contributed by atoms with E-state index in [-0.39, 0.29) is 11.8 Å². The molecule has 1 aliphatic heterocycles. The smallest absolute Gasteiger partial charge is 0.253 e. The highest BCUT2D eigenvalue weighted by Crippen LogP contribution is 2.28. The Kier molecular flexibility index (Phi) is 5.57. The van der Waals surface area contributed by atoms with Crippen molar-refractivity contribution in [1.29, 1.82) is 0 Å². The number of aromatic amines is 1. The van der Waals surface area contributed by atoms with Crippen molar-refractivity contribution < 1.29 is 9.53 Å². The van der Waals surface area contributed by atoms with Gasteiger partial charge in [-0.05, 0) is 48.9 Å². The fraction of sp³-hybridized carbons (Fsp3) is 0.292. The highest BCUT2D eigenvalue weighted by Gasteiger charge is 2.29. The normalized spacial score (nSPS) is 16.1. The van der Waals surface area contributed by atoms with Gasteiger partial charge in [0.05, 0.1) is 29.7 Å². The highest BCUT2D eigenvalue weighted by molar-refractivity contribution is 6.30. The first-order valence-corrected chi connectivity index (χ1v) is 11.1. The Labute approximate surface area is 191 Å². The van der Waals surface area contributed by atoms with Gasteiger partial charge in [-0.2, -0.15) is 5.10 Å². The largest absolute Gasteiger partial charge is 0.493 e. The van der Waals surface area contributed by atoms with Gasteiger partial charge in [-0.15, -0.1) is 0 Å². The van der Waals surface area contributed by atoms with E-state index in [1.54, 1.807) is 12.4 Å². The Bertz CT molecular complexity index is 1260. The summed E-state index contributed by atoms with van der Waals surface area (Å²) in [5.74, 6) is 1.04. The SMILES string of the molecule is Cn1cnc2cc(C(=O)N3CCC(c4cc(CCOc5cccc(Cl)c5)[nH]n4)C3)ccc21. The van der Waals surface area contributed by atoms with Gasteiger partial charge >= 0.3 is 0 Å². The minimum absolute atomic E-state index is 0.0470. The number of carbonyl (C=O) groups is 1. The second-order valence-corrected chi connectivity index (χ2v) is 8.61. The molecule has 32 heavy (non-hydrogen) atoms. The number of hydrogen-bond acceptors (Lipinski definition) is 4. The quantitative estimate of drug-likeness (QED) is 0.478. The number of aryl methyl sites for hydroxylation is 1. The first-order chi connectivity index (χ1) is 15.6. The predicted octanol–water partition coefficient (Wildman–Crippen LogP) is 4.20. The molecular weight excluding hydrogens is 426 g/mol. The number of halogens is 1. The lowest BCUT2D eigenvalue weighted by Gasteiger charge is -2.16. The number of imidazole rings is 1. The van der Waals surface area contributed by atoms with Crippen LogP contribution < -0.4 is 4.74 Å². The highest BCUT2D eigenvalue weighted by atomic mass is 35.5. The molecule has 5 rings (SSSR count). The second-order valence-electron chi connectivity index (χ2n) is 8.17. The average Bonchev–Trinajstić information content (AvgIpc) is 3.53. The molecule has 0 aliphatic carbocycles. The molecule has 0 bridgehead atoms. The number of carbonyl (C=O) groups excluding carboxylic acids is 1. The monoisotopic (exact) mass is 449 g/mol. The molecule has 164 valence electrons. The summed E-state index contributed by atoms with van der Waals surface area (Å²) < 4.78 is 7.71. The second kappa shape index (κ2) is 8.67. The van der Waals surface area contributed by atoms with E-state index in [1.807, 2.05) is 52.9 Å². The van der Waals surface area contributed by atoms with Crippen molar-refractivity contribution in [2.24, 2.45) is 7.05 Å². The van der Waals surface area contributed by atoms with Crippen molar-refractivity contribution in [2.45, 2.75) is 18.8 Å². The Morgan fingerprint density at radius 2 is 2.16 bits per heavy atom. The van der Waals surface area contributed by atoms with E-state index in [0.717, 1.165) is 47.6 Å². The molecule has 1 aliphatic rings. The van der Waals surface area contributed by atoms with E-state index >= 15 is 0 Å². The van der Waals surface area contributed by atoms with Gasteiger partial charge in [-0.25, -0.2) is 4.98 Å². The number of nitrogens with zero attached hydrogens (tertiary/aromatic N) is 4. The van der Waals surface area contributed by atoms with Crippen LogP contribution in [0.15, 0.2) is 54.9 Å². The van der Waals surface area contributed by atoms with Gasteiger partial charge in [0.25, 0.3) is 5.91 Å². The van der Waals surface area contributed by atoms with Gasteiger partial charge in [0.2, 0.25) is 0 Å². The molecule has 3 heterocycles. The third kappa shape index (κ3) is 4.21. The van der Waals surface area contributed by atoms with Crippen molar-refractivity contribution in [2.75, 3.05) is 19.7 Å². The van der Waals surface area contributed by atoms with Crippen LogP contribution >= 0.6 is 11.6 Å². The minimum atomic E-state index is 0.0470. The van der Waals surface area contributed by atoms with Gasteiger partial charge in [-0.1, -0.05) is 17.7 Å². The number of amides is 1. The van der Waals surface area contributed by atoms with Crippen LogP contribution in [0.25, 0.3) is 11.0 Å². The topological polar surface area (TPSA) is 76.0 Å². The van der Waals surface area contributed by atoms with E-state index < -0.39 is 0 Å². The van der Waals surface area contributed by atoms with Gasteiger partial charge in [0.15, 0.2) is 0 Å². The molecule has 4 aromatic rings. The molecular formula is C24H24ClN5O2. The lowest BCUT2D eigenvalue weighted by atomic mass is 10.0. The fourth-order valence-corrected chi connectivity index (χ4v) is 4.37. The molecule has 1 unspecified atom stereocenters. The molecule has 0 radical (unpaired) electrons. The van der Waals surface area contributed by atoms with Crippen molar-refractivity contribution in [3.05, 3.63) is 76.8 Å². The number of rotatable bonds is 6. The summed E-state index contributed by atoms with van der Waals surface area (Å²) in [6.45, 7) is 1.93. The van der Waals surface area contributed by atoms with E-state index in [1.165, 1.54) is 0 Å². The van der Waals surface area contributed by atoms with Crippen molar-refractivity contribution in [3.8, 4) is 5.75 Å². The zero-order valence-corrected chi connectivity index (χ0v) is 18.5. The number of ether oxygens (including phenoxy) is 1. The molecule has 1 N–H and O–H groups in total. The van der Waals surface area contributed by atoms with Crippen molar-refractivity contribution in [1.82, 2.24) is 24.6 Å². The third-order valence-electron chi connectivity index (χ3n) is 5.95. The van der Waals surface area contributed by atoms with Gasteiger partial charge < -0.3 is 14.2 Å². The number of hydrogen-bond donors (Lipinski definition) is 1. The molecule has 0 saturated carbocycles. The van der Waals surface area contributed by atoms with Crippen LogP contribution in [0.5, 0.6) is 5.75 Å². The number of nitrogens with one attached hydrogen (secondary N) is 1. The molecule has 1 fully saturated rings. The minimum Gasteiger partial charge on any atom is -0.493 e. The van der Waals surface area contributed by atoms with Gasteiger partial charge in [0, 0.05) is 48.8 Å². The van der Waals surface area contributed by atoms with E-state index in [0.29, 0.717) is 23.7 Å². The zero-order chi connectivity index (χ0) is 22.1. The number of likely N-dealkylation sites (tertiary alicyclic amines) is 1. The summed E-state index contributed by atoms with van der Waals surface area (Å²) in [7, 11) is 1.95. The maximum Gasteiger partial charge on any atom is 0.253 e. The van der Waals surface area contributed by atoms with Gasteiger partial charge in [-0.3, -0.25) is 9.89 Å². The predicted molar refractivity (Wildman–Crippen MR) is 123 cm³/mol. The lowest BCUT2D eigenvalue weighted by Crippen LogP contribution is -2.28. The van der Waals surface area contributed by atoms with E-state index in [4.69, 9.17) is 16.3 Å². The standard InChI is InChI=1S/C24H24ClN5O2/c1-29-15-26-22-11-16(5-6-23(22)29)24(31)30-9-7-17(14-30)21-13-19(27-28-21)8-10-32-20-4-2-3-18(25)12-20/h2-6,11-13,15,17H,7-10,14H2,1H3,(H,27,28). The van der Waals surface area contributed by atoms with Gasteiger partial charge in [0.1, 0.15) is 5.75 Å². The molecule has 2 aromatic heterocycles. The summed E-state index contributed by atoms with van der Waals surface area (Å²) in [4.78, 5) is 19.3. The van der Waals surface area contributed by atoms with Crippen molar-refractivity contribution >= 4 is 28.5 Å². The Hall–Kier alpha value is -3.32. The summed E-state index contributed by atoms with van der Waals surface area (Å²) in [5.41, 5.74) is 4.55. The summed E-state index contributed by atoms with van der Waals surface area (Å²) in [5, 5.41) is 8.26. The molecule has 0 spiro atoms. The number of H-pyrrole nitrogens is 1. The molecule has 1 amide bonds. The molecule has 2 aromatic carbocycles. The fourth-order valence-electron chi connectivity index (χ4n) is 4.19. The van der Waals surface area contributed by atoms with Crippen molar-refractivity contribution in [3.63, 3.8) is 0 Å². The Morgan fingerprint density at radius 3 is 3.03 bits per heavy atom. The number of aromatic nitrogens is 4. The summed E-state index contributed by atoms with van der Waals surface area (Å²) in [6.07, 6.45) is 3.39. The average molecular weight is 450 g/mol. The first kappa shape index (κ1) is 20.6. The van der Waals surface area contributed by atoms with Crippen LogP contribution in [0.2, 0.25) is 5.02 Å². The molecule has 1 atom stereocenters. The van der Waals surface area contributed by atoms with Crippen LogP contribution in [0.1, 0.15) is 34.1 Å². The van der Waals surface area contributed by atoms with E-state index in [9.17, 15) is 4.79 Å². The Morgan fingerprint density at radius 1 is 1.25 bits per heavy atom. The van der Waals surface area contributed by atoms with Crippen LogP contribution in [0.4, 0.5) is 0 Å². The van der Waals surface area contributed by atoms with Crippen LogP contribution in [-0.4, -0.2) is 50.3 Å². The van der Waals surface area contributed by atoms with E-state index in [2.05, 4.69) is 21.2 Å². The molecule has 1 saturated heterocycles. The molecule has 8 heteroatoms. The third-order valence-corrected chi connectivity index (χ3v) is 6.19. The summed E-state index contributed by atoms with van der Waals surface area (Å²) >= 11 is 5.99.